The van der Waals surface area contributed by atoms with Crippen molar-refractivity contribution in [3.63, 3.8) is 0 Å². The van der Waals surface area contributed by atoms with Gasteiger partial charge in [-0.05, 0) is 48.7 Å². The molecule has 0 aromatic carbocycles. The molecule has 2 nitrogen and oxygen atoms in total. The first-order chi connectivity index (χ1) is 8.90. The Balaban J connectivity index is 1.67. The molecule has 0 spiro atoms. The Bertz CT molecular complexity index is 617. The van der Waals surface area contributed by atoms with Crippen molar-refractivity contribution in [1.29, 1.82) is 0 Å². The first-order valence-electron chi connectivity index (χ1n) is 7.41. The SMILES string of the molecule is CCC1=C(c2nn3c4c2C2CCCC2C43)CC=C1. The van der Waals surface area contributed by atoms with Crippen molar-refractivity contribution < 1.29 is 0 Å². The number of allylic oxidation sites excluding steroid dienone is 4. The second kappa shape index (κ2) is 2.98. The molecule has 4 aliphatic rings. The van der Waals surface area contributed by atoms with Crippen LogP contribution >= 0.6 is 0 Å². The Morgan fingerprint density at radius 2 is 2.33 bits per heavy atom. The molecule has 1 aromatic rings. The minimum absolute atomic E-state index is 0.733. The molecule has 0 saturated heterocycles. The van der Waals surface area contributed by atoms with E-state index in [0.717, 1.165) is 30.7 Å². The van der Waals surface area contributed by atoms with Gasteiger partial charge < -0.3 is 0 Å². The zero-order chi connectivity index (χ0) is 11.9. The second-order valence-corrected chi connectivity index (χ2v) is 6.20. The highest BCUT2D eigenvalue weighted by Crippen LogP contribution is 2.64. The highest BCUT2D eigenvalue weighted by Gasteiger charge is 2.57. The molecule has 0 N–H and O–H groups in total. The molecule has 1 aromatic heterocycles. The predicted octanol–water partition coefficient (Wildman–Crippen LogP) is 3.81. The zero-order valence-corrected chi connectivity index (χ0v) is 10.8. The van der Waals surface area contributed by atoms with Gasteiger partial charge in [-0.2, -0.15) is 5.10 Å². The highest BCUT2D eigenvalue weighted by molar-refractivity contribution is 5.77. The molecule has 1 aliphatic heterocycles. The number of aromatic nitrogens is 2. The number of fused-ring (bicyclic) bond motifs is 4. The monoisotopic (exact) mass is 238 g/mol. The third kappa shape index (κ3) is 0.920. The van der Waals surface area contributed by atoms with Crippen LogP contribution in [0.15, 0.2) is 17.7 Å². The first kappa shape index (κ1) is 9.60. The maximum absolute atomic E-state index is 4.93. The van der Waals surface area contributed by atoms with Crippen LogP contribution in [0, 0.1) is 5.92 Å². The Morgan fingerprint density at radius 3 is 3.22 bits per heavy atom. The van der Waals surface area contributed by atoms with E-state index in [1.54, 1.807) is 11.3 Å². The van der Waals surface area contributed by atoms with Gasteiger partial charge >= 0.3 is 0 Å². The Morgan fingerprint density at radius 1 is 1.39 bits per heavy atom. The van der Waals surface area contributed by atoms with Crippen molar-refractivity contribution in [3.05, 3.63) is 34.7 Å². The van der Waals surface area contributed by atoms with E-state index in [9.17, 15) is 0 Å². The maximum atomic E-state index is 4.93. The summed E-state index contributed by atoms with van der Waals surface area (Å²) in [5, 5.41) is 4.93. The molecule has 3 atom stereocenters. The van der Waals surface area contributed by atoms with Crippen molar-refractivity contribution in [1.82, 2.24) is 9.78 Å². The smallest absolute Gasteiger partial charge is 0.0977 e. The lowest BCUT2D eigenvalue weighted by molar-refractivity contribution is 0.453. The summed E-state index contributed by atoms with van der Waals surface area (Å²) >= 11 is 0. The van der Waals surface area contributed by atoms with Gasteiger partial charge in [-0.1, -0.05) is 25.5 Å². The quantitative estimate of drug-likeness (QED) is 0.766. The van der Waals surface area contributed by atoms with E-state index in [1.165, 1.54) is 36.1 Å². The van der Waals surface area contributed by atoms with Crippen LogP contribution in [0.2, 0.25) is 0 Å². The van der Waals surface area contributed by atoms with Crippen molar-refractivity contribution in [2.45, 2.75) is 51.0 Å². The summed E-state index contributed by atoms with van der Waals surface area (Å²) in [6.07, 6.45) is 11.1. The lowest BCUT2D eigenvalue weighted by atomic mass is 9.91. The summed E-state index contributed by atoms with van der Waals surface area (Å²) in [4.78, 5) is 0. The van der Waals surface area contributed by atoms with Gasteiger partial charge in [0.1, 0.15) is 0 Å². The third-order valence-electron chi connectivity index (χ3n) is 5.50. The first-order valence-corrected chi connectivity index (χ1v) is 7.41. The molecule has 2 heteroatoms. The van der Waals surface area contributed by atoms with Crippen molar-refractivity contribution in [2.75, 3.05) is 0 Å². The fourth-order valence-electron chi connectivity index (χ4n) is 4.71. The largest absolute Gasteiger partial charge is 0.257 e. The lowest BCUT2D eigenvalue weighted by Crippen LogP contribution is -2.03. The fraction of sp³-hybridized carbons (Fsp3) is 0.562. The summed E-state index contributed by atoms with van der Waals surface area (Å²) in [7, 11) is 0. The summed E-state index contributed by atoms with van der Waals surface area (Å²) in [6, 6.07) is 0.733. The molecule has 3 aliphatic carbocycles. The van der Waals surface area contributed by atoms with Crippen molar-refractivity contribution in [2.24, 2.45) is 5.92 Å². The van der Waals surface area contributed by atoms with Crippen molar-refractivity contribution in [3.8, 4) is 0 Å². The van der Waals surface area contributed by atoms with Gasteiger partial charge in [-0.25, -0.2) is 0 Å². The number of hydrogen-bond donors (Lipinski definition) is 0. The predicted molar refractivity (Wildman–Crippen MR) is 71.4 cm³/mol. The summed E-state index contributed by atoms with van der Waals surface area (Å²) in [5.74, 6) is 1.77. The molecule has 1 fully saturated rings. The minimum atomic E-state index is 0.733. The van der Waals surface area contributed by atoms with Crippen LogP contribution in [0.1, 0.15) is 67.9 Å². The van der Waals surface area contributed by atoms with Gasteiger partial charge in [0.15, 0.2) is 0 Å². The third-order valence-corrected chi connectivity index (χ3v) is 5.50. The van der Waals surface area contributed by atoms with E-state index >= 15 is 0 Å². The lowest BCUT2D eigenvalue weighted by Gasteiger charge is -2.12. The van der Waals surface area contributed by atoms with Gasteiger partial charge in [-0.15, -0.1) is 0 Å². The Kier molecular flexibility index (Phi) is 1.59. The maximum Gasteiger partial charge on any atom is 0.0977 e. The average Bonchev–Trinajstić information content (AvgIpc) is 2.90. The molecule has 1 saturated carbocycles. The molecule has 2 heterocycles. The van der Waals surface area contributed by atoms with E-state index in [0.29, 0.717) is 0 Å². The zero-order valence-electron chi connectivity index (χ0n) is 10.8. The molecular formula is C16H18N2. The Labute approximate surface area is 107 Å². The van der Waals surface area contributed by atoms with E-state index in [1.807, 2.05) is 0 Å². The molecule has 18 heavy (non-hydrogen) atoms. The number of rotatable bonds is 2. The van der Waals surface area contributed by atoms with E-state index in [2.05, 4.69) is 23.8 Å². The summed E-state index contributed by atoms with van der Waals surface area (Å²) in [6.45, 7) is 2.26. The normalized spacial score (nSPS) is 34.4. The van der Waals surface area contributed by atoms with Crippen LogP contribution in [0.5, 0.6) is 0 Å². The van der Waals surface area contributed by atoms with Gasteiger partial charge in [0.2, 0.25) is 0 Å². The van der Waals surface area contributed by atoms with Crippen LogP contribution in [0.4, 0.5) is 0 Å². The minimum Gasteiger partial charge on any atom is -0.257 e. The van der Waals surface area contributed by atoms with E-state index < -0.39 is 0 Å². The summed E-state index contributed by atoms with van der Waals surface area (Å²) < 4.78 is 2.33. The van der Waals surface area contributed by atoms with E-state index in [-0.39, 0.29) is 0 Å². The van der Waals surface area contributed by atoms with Gasteiger partial charge in [0.25, 0.3) is 0 Å². The van der Waals surface area contributed by atoms with Crippen LogP contribution in [0.3, 0.4) is 0 Å². The van der Waals surface area contributed by atoms with Crippen LogP contribution in [-0.2, 0) is 0 Å². The molecule has 0 radical (unpaired) electrons. The standard InChI is InChI=1S/C16H18N2/c1-2-9-5-3-6-10(9)14-13-11-7-4-8-12(11)15-16(13)18(15)17-14/h3,5,11-12,15H,2,4,6-8H2,1H3. The molecule has 92 valence electrons. The highest BCUT2D eigenvalue weighted by atomic mass is 15.4. The second-order valence-electron chi connectivity index (χ2n) is 6.20. The molecular weight excluding hydrogens is 220 g/mol. The van der Waals surface area contributed by atoms with E-state index in [4.69, 9.17) is 5.10 Å². The van der Waals surface area contributed by atoms with Crippen LogP contribution < -0.4 is 0 Å². The molecule has 0 amide bonds. The van der Waals surface area contributed by atoms with Gasteiger partial charge in [0.05, 0.1) is 17.4 Å². The van der Waals surface area contributed by atoms with Crippen molar-refractivity contribution >= 4 is 5.57 Å². The number of nitrogens with zero attached hydrogens (tertiary/aromatic N) is 2. The Hall–Kier alpha value is -1.31. The molecule has 3 unspecified atom stereocenters. The molecule has 0 bridgehead atoms. The number of hydrogen-bond acceptors (Lipinski definition) is 1. The average molecular weight is 238 g/mol. The van der Waals surface area contributed by atoms with Crippen LogP contribution in [-0.4, -0.2) is 9.78 Å². The van der Waals surface area contributed by atoms with Gasteiger partial charge in [0, 0.05) is 5.56 Å². The van der Waals surface area contributed by atoms with Gasteiger partial charge in [-0.3, -0.25) is 4.68 Å². The fourth-order valence-corrected chi connectivity index (χ4v) is 4.71. The summed E-state index contributed by atoms with van der Waals surface area (Å²) in [5.41, 5.74) is 7.68. The van der Waals surface area contributed by atoms with Crippen LogP contribution in [0.25, 0.3) is 5.57 Å². The topological polar surface area (TPSA) is 17.8 Å². The molecule has 5 rings (SSSR count).